The minimum absolute atomic E-state index is 0.163. The number of thioether (sulfide) groups is 1. The Balaban J connectivity index is 2.96. The smallest absolute Gasteiger partial charge is 0.0526 e. The molecule has 0 aliphatic rings. The van der Waals surface area contributed by atoms with Gasteiger partial charge in [0, 0.05) is 10.8 Å². The summed E-state index contributed by atoms with van der Waals surface area (Å²) in [5.41, 5.74) is 1.08. The second-order valence-corrected chi connectivity index (χ2v) is 3.83. The van der Waals surface area contributed by atoms with Crippen molar-refractivity contribution in [3.05, 3.63) is 34.0 Å². The van der Waals surface area contributed by atoms with Crippen molar-refractivity contribution in [3.63, 3.8) is 0 Å². The van der Waals surface area contributed by atoms with Gasteiger partial charge in [0.15, 0.2) is 0 Å². The molecule has 5 heteroatoms. The highest BCUT2D eigenvalue weighted by atomic mass is 35.5. The molecule has 0 atom stereocenters. The summed E-state index contributed by atoms with van der Waals surface area (Å²) in [6.07, 6.45) is 1.95. The molecule has 1 N–H and O–H groups in total. The lowest BCUT2D eigenvalue weighted by Crippen LogP contribution is -2.07. The van der Waals surface area contributed by atoms with Gasteiger partial charge in [-0.1, -0.05) is 11.6 Å². The van der Waals surface area contributed by atoms with Crippen molar-refractivity contribution < 1.29 is 5.21 Å². The maximum absolute atomic E-state index is 10.6. The number of benzene rings is 1. The zero-order valence-corrected chi connectivity index (χ0v) is 8.60. The Morgan fingerprint density at radius 3 is 2.77 bits per heavy atom. The van der Waals surface area contributed by atoms with Gasteiger partial charge in [0.2, 0.25) is 0 Å². The summed E-state index contributed by atoms with van der Waals surface area (Å²) in [4.78, 5) is 0. The van der Waals surface area contributed by atoms with Crippen molar-refractivity contribution in [1.82, 2.24) is 0 Å². The number of nitrogens with zero attached hydrogens (tertiary/aromatic N) is 1. The van der Waals surface area contributed by atoms with Gasteiger partial charge in [0.05, 0.1) is 5.69 Å². The van der Waals surface area contributed by atoms with Crippen molar-refractivity contribution in [2.75, 3.05) is 11.5 Å². The van der Waals surface area contributed by atoms with Crippen LogP contribution in [0, 0.1) is 5.21 Å². The maximum atomic E-state index is 10.6. The average Bonchev–Trinajstić information content (AvgIpc) is 2.03. The monoisotopic (exact) mass is 218 g/mol. The molecule has 72 valence electrons. The van der Waals surface area contributed by atoms with Crippen LogP contribution in [0.2, 0.25) is 5.02 Å². The van der Waals surface area contributed by atoms with Gasteiger partial charge in [0.1, 0.15) is 0 Å². The van der Waals surface area contributed by atoms with Crippen molar-refractivity contribution in [2.24, 2.45) is 0 Å². The lowest BCUT2D eigenvalue weighted by Gasteiger charge is -2.22. The fraction of sp³-hybridized carbons (Fsp3) is 0.250. The van der Waals surface area contributed by atoms with Crippen molar-refractivity contribution in [2.45, 2.75) is 5.75 Å². The van der Waals surface area contributed by atoms with Gasteiger partial charge in [0.25, 0.3) is 0 Å². The molecule has 0 heterocycles. The fourth-order valence-electron chi connectivity index (χ4n) is 0.994. The van der Waals surface area contributed by atoms with E-state index in [4.69, 9.17) is 16.8 Å². The van der Waals surface area contributed by atoms with Gasteiger partial charge in [-0.3, -0.25) is 5.21 Å². The topological polar surface area (TPSA) is 46.5 Å². The van der Waals surface area contributed by atoms with E-state index in [-0.39, 0.29) is 10.9 Å². The Morgan fingerprint density at radius 1 is 1.54 bits per heavy atom. The Morgan fingerprint density at radius 2 is 2.23 bits per heavy atom. The molecular weight excluding hydrogens is 210 g/mol. The number of hydrogen-bond donors (Lipinski definition) is 1. The van der Waals surface area contributed by atoms with Crippen LogP contribution < -0.4 is 5.23 Å². The third-order valence-corrected chi connectivity index (χ3v) is 2.31. The first-order valence-electron chi connectivity index (χ1n) is 3.58. The summed E-state index contributed by atoms with van der Waals surface area (Å²) in [7, 11) is 0. The van der Waals surface area contributed by atoms with E-state index in [2.05, 4.69) is 0 Å². The van der Waals surface area contributed by atoms with E-state index < -0.39 is 0 Å². The van der Waals surface area contributed by atoms with Gasteiger partial charge >= 0.3 is 0 Å². The van der Waals surface area contributed by atoms with E-state index in [9.17, 15) is 5.21 Å². The molecule has 1 rings (SSSR count). The molecule has 0 saturated carbocycles. The molecule has 3 nitrogen and oxygen atoms in total. The van der Waals surface area contributed by atoms with Crippen LogP contribution in [0.3, 0.4) is 0 Å². The molecule has 0 spiro atoms. The quantitative estimate of drug-likeness (QED) is 0.793. The summed E-state index contributed by atoms with van der Waals surface area (Å²) in [6.45, 7) is 0. The second kappa shape index (κ2) is 4.72. The molecule has 0 amide bonds. The van der Waals surface area contributed by atoms with E-state index in [0.29, 0.717) is 5.02 Å². The zero-order valence-electron chi connectivity index (χ0n) is 7.03. The Labute approximate surface area is 85.8 Å². The molecule has 0 aliphatic heterocycles. The molecule has 0 saturated heterocycles. The highest BCUT2D eigenvalue weighted by Gasteiger charge is 1.99. The van der Waals surface area contributed by atoms with Crippen molar-refractivity contribution in [1.29, 1.82) is 0 Å². The van der Waals surface area contributed by atoms with E-state index in [0.717, 1.165) is 11.3 Å². The molecule has 0 radical (unpaired) electrons. The summed E-state index contributed by atoms with van der Waals surface area (Å²) in [5.74, 6) is 0.765. The molecule has 1 aromatic rings. The largest absolute Gasteiger partial charge is 0.733 e. The van der Waals surface area contributed by atoms with Gasteiger partial charge < -0.3 is 10.4 Å². The SMILES string of the molecule is CSCc1cc(Cl)cc(N([O-])O)c1. The predicted octanol–water partition coefficient (Wildman–Crippen LogP) is 2.90. The van der Waals surface area contributed by atoms with E-state index in [1.807, 2.05) is 6.26 Å². The Hall–Kier alpha value is -0.420. The number of rotatable bonds is 3. The molecule has 0 unspecified atom stereocenters. The van der Waals surface area contributed by atoms with E-state index in [1.165, 1.54) is 6.07 Å². The van der Waals surface area contributed by atoms with Crippen LogP contribution in [-0.4, -0.2) is 11.5 Å². The maximum Gasteiger partial charge on any atom is 0.0526 e. The third kappa shape index (κ3) is 3.08. The standard InChI is InChI=1S/C8H9ClNO2S/c1-13-5-6-2-7(9)4-8(3-6)10(11)12/h2-4,11H,5H2,1H3/q-1. The second-order valence-electron chi connectivity index (χ2n) is 2.52. The van der Waals surface area contributed by atoms with E-state index >= 15 is 0 Å². The number of anilines is 1. The predicted molar refractivity (Wildman–Crippen MR) is 56.3 cm³/mol. The Kier molecular flexibility index (Phi) is 3.87. The van der Waals surface area contributed by atoms with Gasteiger partial charge in [-0.25, -0.2) is 0 Å². The average molecular weight is 219 g/mol. The molecule has 0 aromatic heterocycles. The lowest BCUT2D eigenvalue weighted by atomic mass is 10.2. The normalized spacial score (nSPS) is 10.2. The van der Waals surface area contributed by atoms with Crippen LogP contribution >= 0.6 is 23.4 Å². The van der Waals surface area contributed by atoms with Crippen molar-refractivity contribution in [3.8, 4) is 0 Å². The molecule has 13 heavy (non-hydrogen) atoms. The molecule has 0 aliphatic carbocycles. The van der Waals surface area contributed by atoms with Gasteiger partial charge in [-0.2, -0.15) is 11.8 Å². The molecular formula is C8H9ClNO2S-. The minimum Gasteiger partial charge on any atom is -0.733 e. The van der Waals surface area contributed by atoms with Crippen LogP contribution in [0.5, 0.6) is 0 Å². The third-order valence-electron chi connectivity index (χ3n) is 1.47. The first-order valence-corrected chi connectivity index (χ1v) is 5.35. The Bertz CT molecular complexity index is 293. The highest BCUT2D eigenvalue weighted by Crippen LogP contribution is 2.23. The van der Waals surface area contributed by atoms with E-state index in [1.54, 1.807) is 23.9 Å². The van der Waals surface area contributed by atoms with Crippen LogP contribution in [0.15, 0.2) is 18.2 Å². The fourth-order valence-corrected chi connectivity index (χ4v) is 1.75. The first-order chi connectivity index (χ1) is 6.13. The summed E-state index contributed by atoms with van der Waals surface area (Å²) in [6, 6.07) is 4.79. The summed E-state index contributed by atoms with van der Waals surface area (Å²) < 4.78 is 0. The highest BCUT2D eigenvalue weighted by molar-refractivity contribution is 7.97. The number of hydrogen-bond acceptors (Lipinski definition) is 4. The number of halogens is 1. The minimum atomic E-state index is -0.185. The van der Waals surface area contributed by atoms with Crippen molar-refractivity contribution >= 4 is 29.1 Å². The van der Waals surface area contributed by atoms with Gasteiger partial charge in [-0.15, -0.1) is 0 Å². The van der Waals surface area contributed by atoms with Gasteiger partial charge in [-0.05, 0) is 30.0 Å². The zero-order chi connectivity index (χ0) is 9.84. The summed E-state index contributed by atoms with van der Waals surface area (Å²) >= 11 is 7.37. The molecule has 0 bridgehead atoms. The lowest BCUT2D eigenvalue weighted by molar-refractivity contribution is 0.296. The summed E-state index contributed by atoms with van der Waals surface area (Å²) in [5, 5.41) is 19.5. The molecule has 1 aromatic carbocycles. The molecule has 0 fully saturated rings. The van der Waals surface area contributed by atoms with Crippen LogP contribution in [0.4, 0.5) is 5.69 Å². The first kappa shape index (κ1) is 10.7. The van der Waals surface area contributed by atoms with Crippen LogP contribution in [0.25, 0.3) is 0 Å². The van der Waals surface area contributed by atoms with Crippen LogP contribution in [0.1, 0.15) is 5.56 Å². The van der Waals surface area contributed by atoms with Crippen LogP contribution in [-0.2, 0) is 5.75 Å².